The van der Waals surface area contributed by atoms with Crippen LogP contribution in [0.3, 0.4) is 0 Å². The molecular weight excluding hydrogens is 219 g/mol. The second-order valence-electron chi connectivity index (χ2n) is 3.78. The molecule has 0 saturated carbocycles. The molecule has 0 spiro atoms. The predicted octanol–water partition coefficient (Wildman–Crippen LogP) is 4.04. The molecule has 0 aromatic heterocycles. The van der Waals surface area contributed by atoms with E-state index in [2.05, 4.69) is 64.1 Å². The van der Waals surface area contributed by atoms with Crippen LogP contribution in [0.2, 0.25) is 0 Å². The van der Waals surface area contributed by atoms with Crippen LogP contribution < -0.4 is 0 Å². The van der Waals surface area contributed by atoms with Gasteiger partial charge in [0.25, 0.3) is 0 Å². The van der Waals surface area contributed by atoms with Gasteiger partial charge in [-0.1, -0.05) is 27.7 Å². The molecule has 2 rings (SSSR count). The minimum atomic E-state index is 0. The molecule has 0 amide bonds. The topological polar surface area (TPSA) is 0 Å². The summed E-state index contributed by atoms with van der Waals surface area (Å²) in [5, 5.41) is 0. The molecule has 0 bridgehead atoms. The molecule has 1 heteroatoms. The normalized spacial score (nSPS) is 8.80. The van der Waals surface area contributed by atoms with E-state index in [4.69, 9.17) is 0 Å². The minimum absolute atomic E-state index is 0. The summed E-state index contributed by atoms with van der Waals surface area (Å²) < 4.78 is 0. The Morgan fingerprint density at radius 1 is 0.800 bits per heavy atom. The van der Waals surface area contributed by atoms with Gasteiger partial charge in [0.1, 0.15) is 0 Å². The molecule has 79 valence electrons. The number of aryl methyl sites for hydroxylation is 4. The van der Waals surface area contributed by atoms with Crippen molar-refractivity contribution in [2.75, 3.05) is 0 Å². The van der Waals surface area contributed by atoms with Crippen LogP contribution in [0.1, 0.15) is 22.3 Å². The molecule has 2 aromatic rings. The Kier molecular flexibility index (Phi) is 6.39. The quantitative estimate of drug-likeness (QED) is 0.606. The Morgan fingerprint density at radius 2 is 1.13 bits per heavy atom. The van der Waals surface area contributed by atoms with Crippen molar-refractivity contribution < 1.29 is 18.6 Å². The Hall–Kier alpha value is -0.716. The first-order valence-corrected chi connectivity index (χ1v) is 4.99. The third kappa shape index (κ3) is 4.55. The SMILES string of the molecule is Cc1ccc[c-]1C.Cc1ccc[c-]1C.[V+2]. The van der Waals surface area contributed by atoms with Crippen LogP contribution in [-0.2, 0) is 18.6 Å². The molecule has 0 aliphatic heterocycles. The summed E-state index contributed by atoms with van der Waals surface area (Å²) in [4.78, 5) is 0. The van der Waals surface area contributed by atoms with Gasteiger partial charge < -0.3 is 0 Å². The van der Waals surface area contributed by atoms with Gasteiger partial charge in [0.05, 0.1) is 0 Å². The van der Waals surface area contributed by atoms with Gasteiger partial charge in [-0.2, -0.15) is 34.4 Å². The molecular formula is C14H18V. The number of hydrogen-bond acceptors (Lipinski definition) is 0. The largest absolute Gasteiger partial charge is 2.00 e. The van der Waals surface area contributed by atoms with Gasteiger partial charge in [-0.25, -0.2) is 24.3 Å². The van der Waals surface area contributed by atoms with E-state index < -0.39 is 0 Å². The monoisotopic (exact) mass is 237 g/mol. The number of hydrogen-bond donors (Lipinski definition) is 0. The Morgan fingerprint density at radius 3 is 1.20 bits per heavy atom. The molecule has 0 aliphatic rings. The molecule has 0 saturated heterocycles. The van der Waals surface area contributed by atoms with Crippen molar-refractivity contribution in [2.24, 2.45) is 0 Å². The molecule has 1 radical (unpaired) electrons. The first-order chi connectivity index (χ1) is 6.61. The van der Waals surface area contributed by atoms with Crippen LogP contribution in [0.25, 0.3) is 0 Å². The third-order valence-corrected chi connectivity index (χ3v) is 2.63. The van der Waals surface area contributed by atoms with E-state index in [1.807, 2.05) is 0 Å². The molecule has 0 atom stereocenters. The zero-order valence-corrected chi connectivity index (χ0v) is 11.3. The van der Waals surface area contributed by atoms with Crippen molar-refractivity contribution in [3.63, 3.8) is 0 Å². The van der Waals surface area contributed by atoms with Gasteiger partial charge in [0, 0.05) is 0 Å². The molecule has 0 fully saturated rings. The zero-order valence-electron chi connectivity index (χ0n) is 9.91. The average molecular weight is 237 g/mol. The van der Waals surface area contributed by atoms with Crippen molar-refractivity contribution >= 4 is 0 Å². The maximum absolute atomic E-state index is 2.12. The van der Waals surface area contributed by atoms with Crippen molar-refractivity contribution in [2.45, 2.75) is 27.7 Å². The molecule has 0 nitrogen and oxygen atoms in total. The maximum atomic E-state index is 2.12. The first-order valence-electron chi connectivity index (χ1n) is 4.99. The second kappa shape index (κ2) is 6.71. The van der Waals surface area contributed by atoms with E-state index in [-0.39, 0.29) is 18.6 Å². The van der Waals surface area contributed by atoms with E-state index in [9.17, 15) is 0 Å². The third-order valence-electron chi connectivity index (χ3n) is 2.63. The van der Waals surface area contributed by atoms with Crippen LogP contribution in [0, 0.1) is 27.7 Å². The van der Waals surface area contributed by atoms with Gasteiger partial charge >= 0.3 is 18.6 Å². The summed E-state index contributed by atoms with van der Waals surface area (Å²) in [6, 6.07) is 12.6. The number of rotatable bonds is 0. The second-order valence-corrected chi connectivity index (χ2v) is 3.78. The van der Waals surface area contributed by atoms with Crippen LogP contribution in [0.5, 0.6) is 0 Å². The first kappa shape index (κ1) is 14.3. The minimum Gasteiger partial charge on any atom is -0.213 e. The molecule has 0 unspecified atom stereocenters. The van der Waals surface area contributed by atoms with Crippen molar-refractivity contribution in [3.8, 4) is 0 Å². The van der Waals surface area contributed by atoms with Crippen LogP contribution in [0.4, 0.5) is 0 Å². The Bertz CT molecular complexity index is 308. The molecule has 0 N–H and O–H groups in total. The van der Waals surface area contributed by atoms with Crippen LogP contribution >= 0.6 is 0 Å². The van der Waals surface area contributed by atoms with Gasteiger partial charge in [-0.05, 0) is 0 Å². The maximum Gasteiger partial charge on any atom is 2.00 e. The van der Waals surface area contributed by atoms with Gasteiger partial charge in [-0.3, -0.25) is 0 Å². The Balaban J connectivity index is 0.000000245. The van der Waals surface area contributed by atoms with Crippen molar-refractivity contribution in [3.05, 3.63) is 58.7 Å². The standard InChI is InChI=1S/2C7H9.V/c2*1-6-4-3-5-7(6)2;/h2*3-5H,1-2H3;/q2*-1;+2. The van der Waals surface area contributed by atoms with Gasteiger partial charge in [-0.15, -0.1) is 0 Å². The smallest absolute Gasteiger partial charge is 0.213 e. The molecule has 15 heavy (non-hydrogen) atoms. The molecule has 0 heterocycles. The van der Waals surface area contributed by atoms with E-state index >= 15 is 0 Å². The van der Waals surface area contributed by atoms with E-state index in [0.29, 0.717) is 0 Å². The summed E-state index contributed by atoms with van der Waals surface area (Å²) in [5.41, 5.74) is 5.56. The van der Waals surface area contributed by atoms with Crippen LogP contribution in [-0.4, -0.2) is 0 Å². The fraction of sp³-hybridized carbons (Fsp3) is 0.286. The van der Waals surface area contributed by atoms with Crippen LogP contribution in [0.15, 0.2) is 36.4 Å². The van der Waals surface area contributed by atoms with Crippen molar-refractivity contribution in [1.29, 1.82) is 0 Å². The summed E-state index contributed by atoms with van der Waals surface area (Å²) in [7, 11) is 0. The van der Waals surface area contributed by atoms with E-state index in [1.165, 1.54) is 22.3 Å². The van der Waals surface area contributed by atoms with Gasteiger partial charge in [0.2, 0.25) is 0 Å². The summed E-state index contributed by atoms with van der Waals surface area (Å²) in [6.45, 7) is 8.48. The van der Waals surface area contributed by atoms with Gasteiger partial charge in [0.15, 0.2) is 0 Å². The van der Waals surface area contributed by atoms with Crippen molar-refractivity contribution in [1.82, 2.24) is 0 Å². The van der Waals surface area contributed by atoms with E-state index in [0.717, 1.165) is 0 Å². The van der Waals surface area contributed by atoms with E-state index in [1.54, 1.807) is 0 Å². The predicted molar refractivity (Wildman–Crippen MR) is 63.0 cm³/mol. The summed E-state index contributed by atoms with van der Waals surface area (Å²) in [6.07, 6.45) is 0. The zero-order chi connectivity index (χ0) is 10.6. The molecule has 2 aromatic carbocycles. The summed E-state index contributed by atoms with van der Waals surface area (Å²) >= 11 is 0. The average Bonchev–Trinajstić information content (AvgIpc) is 2.67. The fourth-order valence-corrected chi connectivity index (χ4v) is 1.20. The summed E-state index contributed by atoms with van der Waals surface area (Å²) in [5.74, 6) is 0. The fourth-order valence-electron chi connectivity index (χ4n) is 1.20. The Labute approximate surface area is 105 Å². The molecule has 0 aliphatic carbocycles.